The van der Waals surface area contributed by atoms with Crippen LogP contribution in [-0.4, -0.2) is 33.8 Å². The second-order valence-corrected chi connectivity index (χ2v) is 7.61. The molecule has 1 fully saturated rings. The van der Waals surface area contributed by atoms with Gasteiger partial charge in [0.2, 0.25) is 16.2 Å². The van der Waals surface area contributed by atoms with Crippen LogP contribution in [0.4, 0.5) is 10.8 Å². The van der Waals surface area contributed by atoms with Gasteiger partial charge in [-0.15, -0.1) is 10.2 Å². The van der Waals surface area contributed by atoms with Gasteiger partial charge < -0.3 is 10.2 Å². The number of nitrogens with zero attached hydrogens (tertiary/aromatic N) is 4. The van der Waals surface area contributed by atoms with Gasteiger partial charge >= 0.3 is 0 Å². The van der Waals surface area contributed by atoms with Crippen molar-refractivity contribution in [3.8, 4) is 5.13 Å². The van der Waals surface area contributed by atoms with Gasteiger partial charge in [0.05, 0.1) is 5.92 Å². The lowest BCUT2D eigenvalue weighted by molar-refractivity contribution is -0.120. The summed E-state index contributed by atoms with van der Waals surface area (Å²) in [6, 6.07) is 11.1. The first kappa shape index (κ1) is 17.1. The first-order chi connectivity index (χ1) is 12.7. The average Bonchev–Trinajstić information content (AvgIpc) is 3.35. The van der Waals surface area contributed by atoms with Crippen molar-refractivity contribution in [1.29, 1.82) is 0 Å². The highest BCUT2D eigenvalue weighted by Gasteiger charge is 2.27. The van der Waals surface area contributed by atoms with Crippen molar-refractivity contribution in [2.45, 2.75) is 12.8 Å². The molecule has 3 heterocycles. The molecule has 26 heavy (non-hydrogen) atoms. The highest BCUT2D eigenvalue weighted by atomic mass is 35.5. The van der Waals surface area contributed by atoms with E-state index in [1.54, 1.807) is 12.1 Å². The zero-order valence-electron chi connectivity index (χ0n) is 14.0. The minimum atomic E-state index is -0.0710. The Morgan fingerprint density at radius 2 is 1.88 bits per heavy atom. The van der Waals surface area contributed by atoms with E-state index in [9.17, 15) is 4.79 Å². The van der Waals surface area contributed by atoms with E-state index in [1.165, 1.54) is 11.3 Å². The molecule has 0 bridgehead atoms. The lowest BCUT2D eigenvalue weighted by Crippen LogP contribution is -2.40. The molecule has 4 rings (SSSR count). The maximum Gasteiger partial charge on any atom is 0.229 e. The summed E-state index contributed by atoms with van der Waals surface area (Å²) >= 11 is 7.43. The number of carbonyl (C=O) groups excluding carboxylic acids is 1. The third kappa shape index (κ3) is 3.73. The van der Waals surface area contributed by atoms with Crippen LogP contribution in [0.3, 0.4) is 0 Å². The zero-order chi connectivity index (χ0) is 17.9. The number of hydrogen-bond donors (Lipinski definition) is 1. The Bertz CT molecular complexity index is 877. The molecule has 0 spiro atoms. The Hall–Kier alpha value is -2.38. The van der Waals surface area contributed by atoms with E-state index < -0.39 is 0 Å². The quantitative estimate of drug-likeness (QED) is 0.738. The summed E-state index contributed by atoms with van der Waals surface area (Å²) in [7, 11) is 0. The third-order valence-corrected chi connectivity index (χ3v) is 5.65. The topological polar surface area (TPSA) is 63.1 Å². The fraction of sp³-hybridized carbons (Fsp3) is 0.278. The largest absolute Gasteiger partial charge is 0.346 e. The van der Waals surface area contributed by atoms with E-state index in [4.69, 9.17) is 11.6 Å². The van der Waals surface area contributed by atoms with Crippen LogP contribution in [0.25, 0.3) is 5.13 Å². The predicted molar refractivity (Wildman–Crippen MR) is 104 cm³/mol. The van der Waals surface area contributed by atoms with E-state index in [1.807, 2.05) is 41.2 Å². The van der Waals surface area contributed by atoms with Gasteiger partial charge in [0, 0.05) is 36.2 Å². The second-order valence-electron chi connectivity index (χ2n) is 6.24. The van der Waals surface area contributed by atoms with Crippen LogP contribution in [0, 0.1) is 5.92 Å². The molecule has 1 amide bonds. The van der Waals surface area contributed by atoms with Crippen molar-refractivity contribution < 1.29 is 4.79 Å². The molecule has 1 N–H and O–H groups in total. The molecule has 8 heteroatoms. The summed E-state index contributed by atoms with van der Waals surface area (Å²) in [5.41, 5.74) is 0.766. The lowest BCUT2D eigenvalue weighted by atomic mass is 9.97. The Morgan fingerprint density at radius 1 is 1.15 bits per heavy atom. The van der Waals surface area contributed by atoms with Gasteiger partial charge in [0.1, 0.15) is 0 Å². The minimum Gasteiger partial charge on any atom is -0.346 e. The molecule has 0 saturated carbocycles. The van der Waals surface area contributed by atoms with Gasteiger partial charge in [0.25, 0.3) is 0 Å². The first-order valence-electron chi connectivity index (χ1n) is 8.47. The Balaban J connectivity index is 1.42. The van der Waals surface area contributed by atoms with Crippen molar-refractivity contribution in [2.75, 3.05) is 23.3 Å². The fourth-order valence-electron chi connectivity index (χ4n) is 3.04. The van der Waals surface area contributed by atoms with Crippen LogP contribution in [0.1, 0.15) is 12.8 Å². The molecule has 1 atom stereocenters. The molecule has 0 unspecified atom stereocenters. The number of aromatic nitrogens is 3. The molecular weight excluding hydrogens is 370 g/mol. The summed E-state index contributed by atoms with van der Waals surface area (Å²) in [5, 5.41) is 13.9. The maximum atomic E-state index is 12.6. The number of amides is 1. The predicted octanol–water partition coefficient (Wildman–Crippen LogP) is 3.84. The van der Waals surface area contributed by atoms with Crippen LogP contribution in [0.15, 0.2) is 48.8 Å². The van der Waals surface area contributed by atoms with Crippen LogP contribution in [0.5, 0.6) is 0 Å². The maximum absolute atomic E-state index is 12.6. The van der Waals surface area contributed by atoms with Crippen molar-refractivity contribution in [3.63, 3.8) is 0 Å². The number of benzene rings is 1. The molecular formula is C18H18ClN5OS. The Kier molecular flexibility index (Phi) is 4.90. The highest BCUT2D eigenvalue weighted by Crippen LogP contribution is 2.28. The number of piperidine rings is 1. The number of rotatable bonds is 4. The van der Waals surface area contributed by atoms with E-state index in [-0.39, 0.29) is 11.8 Å². The van der Waals surface area contributed by atoms with Gasteiger partial charge in [-0.1, -0.05) is 22.9 Å². The monoisotopic (exact) mass is 387 g/mol. The van der Waals surface area contributed by atoms with Crippen molar-refractivity contribution in [2.24, 2.45) is 5.92 Å². The van der Waals surface area contributed by atoms with Crippen LogP contribution in [0.2, 0.25) is 5.02 Å². The van der Waals surface area contributed by atoms with E-state index in [2.05, 4.69) is 20.4 Å². The molecule has 134 valence electrons. The molecule has 1 aromatic carbocycles. The number of hydrogen-bond acceptors (Lipinski definition) is 5. The first-order valence-corrected chi connectivity index (χ1v) is 9.67. The van der Waals surface area contributed by atoms with Crippen LogP contribution < -0.4 is 10.2 Å². The normalized spacial score (nSPS) is 17.3. The number of halogens is 1. The van der Waals surface area contributed by atoms with E-state index in [0.717, 1.165) is 35.3 Å². The smallest absolute Gasteiger partial charge is 0.229 e. The van der Waals surface area contributed by atoms with Gasteiger partial charge in [-0.05, 0) is 49.2 Å². The SMILES string of the molecule is O=C(Nc1ccc(Cl)cc1)[C@@H]1CCCN(c2nnc(-n3cccc3)s2)C1. The minimum absolute atomic E-state index is 0.0344. The molecule has 0 aliphatic carbocycles. The third-order valence-electron chi connectivity index (χ3n) is 4.40. The molecule has 1 aliphatic heterocycles. The van der Waals surface area contributed by atoms with Gasteiger partial charge in [0.15, 0.2) is 0 Å². The van der Waals surface area contributed by atoms with E-state index in [0.29, 0.717) is 11.6 Å². The summed E-state index contributed by atoms with van der Waals surface area (Å²) in [6.45, 7) is 1.55. The van der Waals surface area contributed by atoms with Gasteiger partial charge in [-0.25, -0.2) is 0 Å². The number of anilines is 2. The van der Waals surface area contributed by atoms with Crippen molar-refractivity contribution in [3.05, 3.63) is 53.8 Å². The number of nitrogens with one attached hydrogen (secondary N) is 1. The summed E-state index contributed by atoms with van der Waals surface area (Å²) in [4.78, 5) is 14.8. The van der Waals surface area contributed by atoms with Crippen molar-refractivity contribution >= 4 is 39.7 Å². The summed E-state index contributed by atoms with van der Waals surface area (Å²) < 4.78 is 1.94. The standard InChI is InChI=1S/C18H18ClN5OS/c19-14-5-7-15(8-6-14)20-16(25)13-4-3-11-24(12-13)18-22-21-17(26-18)23-9-1-2-10-23/h1-2,5-10,13H,3-4,11-12H2,(H,20,25)/t13-/m1/s1. The van der Waals surface area contributed by atoms with Crippen LogP contribution >= 0.6 is 22.9 Å². The molecule has 6 nitrogen and oxygen atoms in total. The zero-order valence-corrected chi connectivity index (χ0v) is 15.6. The van der Waals surface area contributed by atoms with Gasteiger partial charge in [-0.2, -0.15) is 0 Å². The number of carbonyl (C=O) groups is 1. The Morgan fingerprint density at radius 3 is 2.65 bits per heavy atom. The average molecular weight is 388 g/mol. The fourth-order valence-corrected chi connectivity index (χ4v) is 4.02. The van der Waals surface area contributed by atoms with Crippen molar-refractivity contribution in [1.82, 2.24) is 14.8 Å². The highest BCUT2D eigenvalue weighted by molar-refractivity contribution is 7.17. The lowest BCUT2D eigenvalue weighted by Gasteiger charge is -2.31. The molecule has 2 aromatic heterocycles. The van der Waals surface area contributed by atoms with E-state index >= 15 is 0 Å². The Labute approximate surface area is 160 Å². The molecule has 0 radical (unpaired) electrons. The molecule has 1 saturated heterocycles. The summed E-state index contributed by atoms with van der Waals surface area (Å²) in [6.07, 6.45) is 5.72. The van der Waals surface area contributed by atoms with Crippen LogP contribution in [-0.2, 0) is 4.79 Å². The second kappa shape index (κ2) is 7.47. The van der Waals surface area contributed by atoms with Gasteiger partial charge in [-0.3, -0.25) is 9.36 Å². The summed E-state index contributed by atoms with van der Waals surface area (Å²) in [5.74, 6) is -0.0365. The molecule has 1 aliphatic rings. The molecule has 3 aromatic rings.